The number of aryl methyl sites for hydroxylation is 3. The van der Waals surface area contributed by atoms with E-state index in [1.54, 1.807) is 18.2 Å². The lowest BCUT2D eigenvalue weighted by Crippen LogP contribution is -2.13. The molecule has 0 spiro atoms. The largest absolute Gasteiger partial charge is 0.505 e. The first-order valence-electron chi connectivity index (χ1n) is 37.2. The summed E-state index contributed by atoms with van der Waals surface area (Å²) < 4.78 is 0. The van der Waals surface area contributed by atoms with E-state index in [1.165, 1.54) is 0 Å². The highest BCUT2D eigenvalue weighted by Crippen LogP contribution is 2.51. The van der Waals surface area contributed by atoms with Gasteiger partial charge >= 0.3 is 0 Å². The number of aromatic nitrogens is 2. The number of carbonyl (C=O) groups excluding carboxylic acids is 3. The fraction of sp³-hybridized carbons (Fsp3) is 0.0745. The summed E-state index contributed by atoms with van der Waals surface area (Å²) in [5.74, 6) is -2.48. The summed E-state index contributed by atoms with van der Waals surface area (Å²) in [5.41, 5.74) is 16.1. The lowest BCUT2D eigenvalue weighted by atomic mass is 9.95. The zero-order chi connectivity index (χ0) is 76.3. The van der Waals surface area contributed by atoms with E-state index in [-0.39, 0.29) is 51.0 Å². The van der Waals surface area contributed by atoms with Gasteiger partial charge in [-0.15, -0.1) is 15.3 Å². The Bertz CT molecular complexity index is 6540. The van der Waals surface area contributed by atoms with Crippen LogP contribution in [0.4, 0.5) is 68.2 Å². The molecule has 3 amide bonds. The number of carbonyl (C=O) groups is 3. The minimum Gasteiger partial charge on any atom is -0.505 e. The Morgan fingerprint density at radius 3 is 1.12 bits per heavy atom. The maximum absolute atomic E-state index is 14.4. The van der Waals surface area contributed by atoms with Crippen molar-refractivity contribution in [3.05, 3.63) is 317 Å². The van der Waals surface area contributed by atoms with Gasteiger partial charge in [0.25, 0.3) is 17.7 Å². The van der Waals surface area contributed by atoms with Crippen molar-refractivity contribution >= 4 is 162 Å². The van der Waals surface area contributed by atoms with Gasteiger partial charge in [0.1, 0.15) is 17.1 Å². The van der Waals surface area contributed by atoms with Crippen LogP contribution in [0.15, 0.2) is 304 Å². The third kappa shape index (κ3) is 12.3. The minimum absolute atomic E-state index is 0.0275. The molecule has 18 rings (SSSR count). The van der Waals surface area contributed by atoms with Gasteiger partial charge in [-0.05, 0) is 202 Å². The number of aromatic amines is 2. The number of nitrogens with zero attached hydrogens (tertiary/aromatic N) is 7. The number of fused-ring (bicyclic) bond motifs is 15. The molecule has 0 fully saturated rings. The Morgan fingerprint density at radius 2 is 0.705 bits per heavy atom. The van der Waals surface area contributed by atoms with Gasteiger partial charge < -0.3 is 46.1 Å². The van der Waals surface area contributed by atoms with Crippen LogP contribution in [0.2, 0.25) is 0 Å². The van der Waals surface area contributed by atoms with Crippen LogP contribution in [-0.4, -0.2) is 43.0 Å². The summed E-state index contributed by atoms with van der Waals surface area (Å²) in [6.07, 6.45) is 2.65. The molecule has 18 heteroatoms. The molecule has 0 aliphatic heterocycles. The van der Waals surface area contributed by atoms with Crippen molar-refractivity contribution in [3.63, 3.8) is 0 Å². The number of amides is 3. The predicted octanol–water partition coefficient (Wildman–Crippen LogP) is 25.3. The molecule has 112 heavy (non-hydrogen) atoms. The summed E-state index contributed by atoms with van der Waals surface area (Å²) in [7, 11) is 0. The Morgan fingerprint density at radius 1 is 0.357 bits per heavy atom. The predicted molar refractivity (Wildman–Crippen MR) is 449 cm³/mol. The zero-order valence-corrected chi connectivity index (χ0v) is 61.0. The van der Waals surface area contributed by atoms with Gasteiger partial charge in [0, 0.05) is 82.9 Å². The highest BCUT2D eigenvalue weighted by atomic mass is 16.3. The number of hydrogen-bond donors (Lipinski definition) is 8. The summed E-state index contributed by atoms with van der Waals surface area (Å²) in [4.78, 5) is 52.2. The fourth-order valence-electron chi connectivity index (χ4n) is 15.7. The second-order valence-corrected chi connectivity index (χ2v) is 27.8. The van der Waals surface area contributed by atoms with Gasteiger partial charge in [-0.3, -0.25) is 14.4 Å². The highest BCUT2D eigenvalue weighted by molar-refractivity contribution is 6.25. The molecule has 2 aromatic heterocycles. The molecule has 0 radical (unpaired) electrons. The maximum atomic E-state index is 14.4. The maximum Gasteiger partial charge on any atom is 0.259 e. The van der Waals surface area contributed by atoms with Gasteiger partial charge in [-0.2, -0.15) is 15.3 Å². The highest BCUT2D eigenvalue weighted by Gasteiger charge is 2.29. The summed E-state index contributed by atoms with van der Waals surface area (Å²) in [5, 5.41) is 82.8. The van der Waals surface area contributed by atoms with E-state index in [0.717, 1.165) is 87.9 Å². The van der Waals surface area contributed by atoms with Gasteiger partial charge in [0.2, 0.25) is 0 Å². The summed E-state index contributed by atoms with van der Waals surface area (Å²) in [6.45, 7) is 6.05. The molecule has 0 saturated heterocycles. The molecule has 1 aliphatic rings. The van der Waals surface area contributed by atoms with E-state index in [1.807, 2.05) is 262 Å². The van der Waals surface area contributed by atoms with Crippen molar-refractivity contribution in [2.24, 2.45) is 30.7 Å². The number of H-pyrrole nitrogens is 2. The minimum atomic E-state index is -0.505. The van der Waals surface area contributed by atoms with Gasteiger partial charge in [-0.1, -0.05) is 172 Å². The summed E-state index contributed by atoms with van der Waals surface area (Å²) in [6, 6.07) is 86.2. The second kappa shape index (κ2) is 28.7. The van der Waals surface area contributed by atoms with Crippen LogP contribution in [0, 0.1) is 0 Å². The first kappa shape index (κ1) is 68.9. The van der Waals surface area contributed by atoms with Gasteiger partial charge in [-0.25, -0.2) is 0 Å². The van der Waals surface area contributed by atoms with Crippen molar-refractivity contribution in [1.29, 1.82) is 0 Å². The Kier molecular flexibility index (Phi) is 17.6. The van der Waals surface area contributed by atoms with Gasteiger partial charge in [0.15, 0.2) is 17.2 Å². The molecular weight excluding hydrogens is 1390 g/mol. The van der Waals surface area contributed by atoms with Crippen LogP contribution in [0.3, 0.4) is 0 Å². The van der Waals surface area contributed by atoms with Crippen LogP contribution in [-0.2, 0) is 25.7 Å². The third-order valence-corrected chi connectivity index (χ3v) is 21.3. The number of rotatable bonds is 18. The molecule has 2 heterocycles. The van der Waals surface area contributed by atoms with Crippen molar-refractivity contribution in [1.82, 2.24) is 9.97 Å². The molecule has 1 aliphatic carbocycles. The third-order valence-electron chi connectivity index (χ3n) is 21.3. The molecule has 0 bridgehead atoms. The van der Waals surface area contributed by atoms with Crippen LogP contribution in [0.1, 0.15) is 79.7 Å². The molecule has 542 valence electrons. The van der Waals surface area contributed by atoms with Crippen LogP contribution in [0.5, 0.6) is 17.2 Å². The van der Waals surface area contributed by atoms with E-state index in [4.69, 9.17) is 30.7 Å². The number of benzene rings is 15. The first-order valence-corrected chi connectivity index (χ1v) is 37.2. The molecule has 17 aromatic rings. The number of hydrogen-bond acceptors (Lipinski definition) is 13. The second-order valence-electron chi connectivity index (χ2n) is 27.8. The molecule has 0 atom stereocenters. The van der Waals surface area contributed by atoms with E-state index in [2.05, 4.69) is 44.1 Å². The SMILES string of the molecule is CCc1ccccc1NC(=O)c1cc2ccc3c(c2c(N=Nc2ccc(N(c4ccc(N=Nc5c(O)c(C(=O)Nc6ccccc6CC)cc6ccc7c8ccccc8[nH]c7c56)cc4)c4ccc(N=Nc5c(O)c(C(=O)Nc6ccccc6CC)cc6ccc7c8ccccc8[nH]c7c56)cc4)cc2)c1O)Cc1ccccc1-3. The number of aromatic hydroxyl groups is 3. The van der Waals surface area contributed by atoms with E-state index >= 15 is 0 Å². The standard InChI is InChI=1S/C94H70N12O6/c1-4-53-19-8-14-26-76(53)97-92(110)73-50-57-31-46-67-66-23-11-7-22-56(66)49-72(67)81(57)86(89(73)107)103-100-60-34-40-63(41-35-60)106(64-42-36-61(37-43-64)101-104-87-82-58(32-47-70-68-24-12-17-29-79(68)95-84(70)82)51-74(90(87)108)93(111)98-77-27-15-9-20-54(77)5-2)65-44-38-62(39-45-65)102-105-88-83-59(33-48-71-69-25-13-18-30-80(69)96-85(71)83)52-75(91(88)109)94(112)99-78-28-16-10-21-55(78)6-3/h7-48,50-52,95-96,107-109H,4-6,49H2,1-3H3,(H,97,110)(H,98,111)(H,99,112). The first-order chi connectivity index (χ1) is 54.9. The van der Waals surface area contributed by atoms with Gasteiger partial charge in [0.05, 0.1) is 44.8 Å². The average molecular weight is 1460 g/mol. The molecule has 0 saturated carbocycles. The van der Waals surface area contributed by atoms with Crippen LogP contribution in [0.25, 0.3) is 87.1 Å². The fourth-order valence-corrected chi connectivity index (χ4v) is 15.7. The quantitative estimate of drug-likeness (QED) is 0.0385. The molecule has 8 N–H and O–H groups in total. The van der Waals surface area contributed by atoms with Crippen molar-refractivity contribution in [2.45, 2.75) is 46.5 Å². The lowest BCUT2D eigenvalue weighted by Gasteiger charge is -2.25. The van der Waals surface area contributed by atoms with E-state index in [0.29, 0.717) is 104 Å². The smallest absolute Gasteiger partial charge is 0.259 e. The number of para-hydroxylation sites is 5. The number of phenols is 3. The summed E-state index contributed by atoms with van der Waals surface area (Å²) >= 11 is 0. The monoisotopic (exact) mass is 1460 g/mol. The Labute approximate surface area is 641 Å². The average Bonchev–Trinajstić information content (AvgIpc) is 1.55. The van der Waals surface area contributed by atoms with E-state index < -0.39 is 17.7 Å². The normalized spacial score (nSPS) is 12.1. The van der Waals surface area contributed by atoms with Crippen molar-refractivity contribution in [3.8, 4) is 28.4 Å². The number of phenolic OH excluding ortho intramolecular Hbond substituents is 3. The Balaban J connectivity index is 0.728. The molecule has 0 unspecified atom stereocenters. The topological polar surface area (TPSA) is 257 Å². The van der Waals surface area contributed by atoms with Crippen LogP contribution < -0.4 is 20.9 Å². The van der Waals surface area contributed by atoms with Crippen molar-refractivity contribution in [2.75, 3.05) is 20.9 Å². The zero-order valence-electron chi connectivity index (χ0n) is 61.0. The number of azo groups is 3. The number of anilines is 6. The van der Waals surface area contributed by atoms with E-state index in [9.17, 15) is 29.7 Å². The molecule has 15 aromatic carbocycles. The lowest BCUT2D eigenvalue weighted by molar-refractivity contribution is 0.101. The van der Waals surface area contributed by atoms with Crippen LogP contribution >= 0.6 is 0 Å². The number of nitrogens with one attached hydrogen (secondary N) is 5. The Hall–Kier alpha value is -14.9. The van der Waals surface area contributed by atoms with Crippen molar-refractivity contribution < 1.29 is 29.7 Å². The molecule has 18 nitrogen and oxygen atoms in total. The molecular formula is C94H70N12O6.